The van der Waals surface area contributed by atoms with Gasteiger partial charge in [0.05, 0.1) is 0 Å². The van der Waals surface area contributed by atoms with Crippen LogP contribution in [0, 0.1) is 11.8 Å². The highest BCUT2D eigenvalue weighted by atomic mass is 15.1. The molecular formula is C15H27N3. The van der Waals surface area contributed by atoms with Crippen LogP contribution in [-0.4, -0.2) is 36.6 Å². The summed E-state index contributed by atoms with van der Waals surface area (Å²) in [6.45, 7) is 7.44. The minimum Gasteiger partial charge on any atom is -0.330 e. The van der Waals surface area contributed by atoms with Crippen molar-refractivity contribution in [3.63, 3.8) is 0 Å². The molecule has 0 fully saturated rings. The van der Waals surface area contributed by atoms with Crippen LogP contribution in [-0.2, 0) is 6.42 Å². The van der Waals surface area contributed by atoms with E-state index in [0.717, 1.165) is 37.7 Å². The van der Waals surface area contributed by atoms with E-state index in [1.165, 1.54) is 6.42 Å². The summed E-state index contributed by atoms with van der Waals surface area (Å²) in [5.74, 6) is 1.33. The van der Waals surface area contributed by atoms with Gasteiger partial charge < -0.3 is 10.6 Å². The molecule has 0 saturated heterocycles. The summed E-state index contributed by atoms with van der Waals surface area (Å²) < 4.78 is 0. The van der Waals surface area contributed by atoms with Gasteiger partial charge in [-0.05, 0) is 44.0 Å². The molecule has 0 aliphatic heterocycles. The normalized spacial score (nSPS) is 13.2. The Hall–Kier alpha value is -0.930. The summed E-state index contributed by atoms with van der Waals surface area (Å²) >= 11 is 0. The number of aromatic nitrogens is 1. The Bertz CT molecular complexity index is 311. The lowest BCUT2D eigenvalue weighted by atomic mass is 9.97. The van der Waals surface area contributed by atoms with Crippen LogP contribution in [0.2, 0.25) is 0 Å². The Kier molecular flexibility index (Phi) is 6.91. The number of rotatable bonds is 8. The van der Waals surface area contributed by atoms with Gasteiger partial charge in [0.15, 0.2) is 0 Å². The molecule has 0 aliphatic rings. The third-order valence-electron chi connectivity index (χ3n) is 3.18. The Balaban J connectivity index is 2.30. The van der Waals surface area contributed by atoms with E-state index in [-0.39, 0.29) is 0 Å². The molecule has 0 aliphatic carbocycles. The predicted molar refractivity (Wildman–Crippen MR) is 77.4 cm³/mol. The first-order valence-corrected chi connectivity index (χ1v) is 6.90. The van der Waals surface area contributed by atoms with Crippen molar-refractivity contribution in [3.05, 3.63) is 30.1 Å². The molecule has 1 aromatic rings. The van der Waals surface area contributed by atoms with Gasteiger partial charge in [0.2, 0.25) is 0 Å². The van der Waals surface area contributed by atoms with Gasteiger partial charge in [-0.15, -0.1) is 0 Å². The fourth-order valence-electron chi connectivity index (χ4n) is 2.30. The quantitative estimate of drug-likeness (QED) is 0.768. The Morgan fingerprint density at radius 3 is 2.67 bits per heavy atom. The highest BCUT2D eigenvalue weighted by Gasteiger charge is 2.11. The largest absolute Gasteiger partial charge is 0.330 e. The SMILES string of the molecule is CC(C)CC(CN)CN(C)CCc1ccccn1. The first-order chi connectivity index (χ1) is 8.61. The molecule has 1 rings (SSSR count). The van der Waals surface area contributed by atoms with Crippen molar-refractivity contribution in [2.75, 3.05) is 26.7 Å². The molecule has 2 N–H and O–H groups in total. The van der Waals surface area contributed by atoms with E-state index in [1.807, 2.05) is 18.3 Å². The molecule has 1 aromatic heterocycles. The number of nitrogens with zero attached hydrogens (tertiary/aromatic N) is 2. The molecule has 3 nitrogen and oxygen atoms in total. The van der Waals surface area contributed by atoms with E-state index in [2.05, 4.69) is 36.8 Å². The highest BCUT2D eigenvalue weighted by Crippen LogP contribution is 2.11. The van der Waals surface area contributed by atoms with Crippen LogP contribution in [0.4, 0.5) is 0 Å². The van der Waals surface area contributed by atoms with Crippen LogP contribution in [0.25, 0.3) is 0 Å². The third kappa shape index (κ3) is 6.12. The molecule has 18 heavy (non-hydrogen) atoms. The van der Waals surface area contributed by atoms with E-state index < -0.39 is 0 Å². The molecule has 102 valence electrons. The molecular weight excluding hydrogens is 222 g/mol. The van der Waals surface area contributed by atoms with Crippen LogP contribution in [0.3, 0.4) is 0 Å². The lowest BCUT2D eigenvalue weighted by molar-refractivity contribution is 0.258. The average Bonchev–Trinajstić information content (AvgIpc) is 2.36. The van der Waals surface area contributed by atoms with E-state index in [4.69, 9.17) is 5.73 Å². The molecule has 0 aromatic carbocycles. The van der Waals surface area contributed by atoms with Gasteiger partial charge in [-0.2, -0.15) is 0 Å². The second kappa shape index (κ2) is 8.22. The van der Waals surface area contributed by atoms with Gasteiger partial charge in [0.25, 0.3) is 0 Å². The van der Waals surface area contributed by atoms with Crippen LogP contribution in [0.5, 0.6) is 0 Å². The van der Waals surface area contributed by atoms with E-state index in [0.29, 0.717) is 5.92 Å². The Morgan fingerprint density at radius 1 is 1.33 bits per heavy atom. The molecule has 0 spiro atoms. The van der Waals surface area contributed by atoms with E-state index in [1.54, 1.807) is 0 Å². The smallest absolute Gasteiger partial charge is 0.0416 e. The maximum atomic E-state index is 5.84. The number of pyridine rings is 1. The number of nitrogens with two attached hydrogens (primary N) is 1. The Labute approximate surface area is 111 Å². The van der Waals surface area contributed by atoms with Crippen molar-refractivity contribution < 1.29 is 0 Å². The fourth-order valence-corrected chi connectivity index (χ4v) is 2.30. The van der Waals surface area contributed by atoms with Crippen molar-refractivity contribution in [3.8, 4) is 0 Å². The second-order valence-corrected chi connectivity index (χ2v) is 5.56. The van der Waals surface area contributed by atoms with Crippen molar-refractivity contribution in [2.24, 2.45) is 17.6 Å². The molecule has 1 atom stereocenters. The van der Waals surface area contributed by atoms with E-state index >= 15 is 0 Å². The number of hydrogen-bond donors (Lipinski definition) is 1. The topological polar surface area (TPSA) is 42.1 Å². The standard InChI is InChI=1S/C15H27N3/c1-13(2)10-14(11-16)12-18(3)9-7-15-6-4-5-8-17-15/h4-6,8,13-14H,7,9-12,16H2,1-3H3. The van der Waals surface area contributed by atoms with Gasteiger partial charge in [-0.3, -0.25) is 4.98 Å². The zero-order valence-corrected chi connectivity index (χ0v) is 12.0. The van der Waals surface area contributed by atoms with E-state index in [9.17, 15) is 0 Å². The van der Waals surface area contributed by atoms with Crippen molar-refractivity contribution in [1.29, 1.82) is 0 Å². The molecule has 1 unspecified atom stereocenters. The number of hydrogen-bond acceptors (Lipinski definition) is 3. The molecule has 0 bridgehead atoms. The monoisotopic (exact) mass is 249 g/mol. The van der Waals surface area contributed by atoms with Crippen molar-refractivity contribution >= 4 is 0 Å². The lowest BCUT2D eigenvalue weighted by Crippen LogP contribution is -2.32. The molecule has 0 radical (unpaired) electrons. The first kappa shape index (κ1) is 15.1. The highest BCUT2D eigenvalue weighted by molar-refractivity contribution is 5.03. The Morgan fingerprint density at radius 2 is 2.11 bits per heavy atom. The maximum absolute atomic E-state index is 5.84. The zero-order chi connectivity index (χ0) is 13.4. The predicted octanol–water partition coefficient (Wildman–Crippen LogP) is 2.18. The fraction of sp³-hybridized carbons (Fsp3) is 0.667. The van der Waals surface area contributed by atoms with Gasteiger partial charge >= 0.3 is 0 Å². The minimum atomic E-state index is 0.610. The maximum Gasteiger partial charge on any atom is 0.0416 e. The molecule has 3 heteroatoms. The average molecular weight is 249 g/mol. The van der Waals surface area contributed by atoms with Crippen LogP contribution < -0.4 is 5.73 Å². The van der Waals surface area contributed by atoms with Gasteiger partial charge in [0, 0.05) is 31.4 Å². The minimum absolute atomic E-state index is 0.610. The van der Waals surface area contributed by atoms with Crippen LogP contribution in [0.1, 0.15) is 26.0 Å². The number of likely N-dealkylation sites (N-methyl/N-ethyl adjacent to an activating group) is 1. The molecule has 0 saturated carbocycles. The molecule has 0 amide bonds. The summed E-state index contributed by atoms with van der Waals surface area (Å²) in [4.78, 5) is 6.72. The summed E-state index contributed by atoms with van der Waals surface area (Å²) in [7, 11) is 2.17. The summed E-state index contributed by atoms with van der Waals surface area (Å²) in [5.41, 5.74) is 7.00. The van der Waals surface area contributed by atoms with Crippen molar-refractivity contribution in [1.82, 2.24) is 9.88 Å². The first-order valence-electron chi connectivity index (χ1n) is 6.90. The van der Waals surface area contributed by atoms with Crippen LogP contribution >= 0.6 is 0 Å². The molecule has 1 heterocycles. The van der Waals surface area contributed by atoms with Gasteiger partial charge in [-0.1, -0.05) is 19.9 Å². The van der Waals surface area contributed by atoms with Gasteiger partial charge in [0.1, 0.15) is 0 Å². The summed E-state index contributed by atoms with van der Waals surface area (Å²) in [6.07, 6.45) is 4.08. The second-order valence-electron chi connectivity index (χ2n) is 5.56. The van der Waals surface area contributed by atoms with Crippen molar-refractivity contribution in [2.45, 2.75) is 26.7 Å². The summed E-state index contributed by atoms with van der Waals surface area (Å²) in [5, 5.41) is 0. The summed E-state index contributed by atoms with van der Waals surface area (Å²) in [6, 6.07) is 6.09. The van der Waals surface area contributed by atoms with Gasteiger partial charge in [-0.25, -0.2) is 0 Å². The zero-order valence-electron chi connectivity index (χ0n) is 12.0. The van der Waals surface area contributed by atoms with Crippen LogP contribution in [0.15, 0.2) is 24.4 Å². The lowest BCUT2D eigenvalue weighted by Gasteiger charge is -2.24. The third-order valence-corrected chi connectivity index (χ3v) is 3.18.